The molecule has 2 aromatic carbocycles. The van der Waals surface area contributed by atoms with Crippen LogP contribution in [0.25, 0.3) is 10.8 Å². The molecular weight excluding hydrogens is 238 g/mol. The van der Waals surface area contributed by atoms with Gasteiger partial charge < -0.3 is 15.6 Å². The number of quaternary nitrogens is 1. The second kappa shape index (κ2) is 6.34. The van der Waals surface area contributed by atoms with Crippen LogP contribution in [0.4, 0.5) is 0 Å². The molecule has 3 nitrogen and oxygen atoms in total. The number of hydrogen-bond acceptors (Lipinski definition) is 2. The summed E-state index contributed by atoms with van der Waals surface area (Å²) < 4.78 is 0. The quantitative estimate of drug-likeness (QED) is 0.840. The molecule has 102 valence electrons. The Bertz CT molecular complexity index is 551. The molecule has 0 aliphatic heterocycles. The number of rotatable bonds is 1. The lowest BCUT2D eigenvalue weighted by molar-refractivity contribution is -0.386. The molecule has 0 radical (unpaired) electrons. The zero-order valence-corrected chi connectivity index (χ0v) is 11.8. The van der Waals surface area contributed by atoms with Crippen LogP contribution in [0.5, 0.6) is 0 Å². The molecule has 3 N–H and O–H groups in total. The third-order valence-electron chi connectivity index (χ3n) is 2.76. The fraction of sp³-hybridized carbons (Fsp3) is 0.312. The summed E-state index contributed by atoms with van der Waals surface area (Å²) in [4.78, 5) is 9.91. The minimum atomic E-state index is -1.01. The summed E-state index contributed by atoms with van der Waals surface area (Å²) in [5.74, 6) is -1.01. The number of carbonyl (C=O) groups excluding carboxylic acids is 1. The molecule has 0 heterocycles. The number of carboxylic acids is 1. The molecule has 19 heavy (non-hydrogen) atoms. The molecule has 0 bridgehead atoms. The molecule has 3 heteroatoms. The predicted octanol–water partition coefficient (Wildman–Crippen LogP) is 1.36. The Morgan fingerprint density at radius 3 is 2.16 bits per heavy atom. The SMILES string of the molecule is CC(C)(C)C(=O)[O-].[NH3+]Cc1cccc2ccccc12. The van der Waals surface area contributed by atoms with E-state index in [2.05, 4.69) is 48.2 Å². The molecule has 0 spiro atoms. The number of carbonyl (C=O) groups is 1. The summed E-state index contributed by atoms with van der Waals surface area (Å²) >= 11 is 0. The zero-order valence-electron chi connectivity index (χ0n) is 11.8. The maximum absolute atomic E-state index is 9.91. The van der Waals surface area contributed by atoms with Gasteiger partial charge in [-0.3, -0.25) is 0 Å². The van der Waals surface area contributed by atoms with E-state index in [-0.39, 0.29) is 0 Å². The van der Waals surface area contributed by atoms with Crippen molar-refractivity contribution in [2.24, 2.45) is 5.41 Å². The molecule has 0 aliphatic rings. The molecule has 0 amide bonds. The van der Waals surface area contributed by atoms with E-state index in [0.717, 1.165) is 6.54 Å². The van der Waals surface area contributed by atoms with Crippen molar-refractivity contribution in [3.8, 4) is 0 Å². The Kier molecular flexibility index (Phi) is 5.07. The first-order valence-electron chi connectivity index (χ1n) is 6.33. The highest BCUT2D eigenvalue weighted by atomic mass is 16.4. The fourth-order valence-corrected chi connectivity index (χ4v) is 1.51. The second-order valence-electron chi connectivity index (χ2n) is 5.43. The maximum Gasteiger partial charge on any atom is 0.100 e. The number of fused-ring (bicyclic) bond motifs is 1. The van der Waals surface area contributed by atoms with E-state index in [1.165, 1.54) is 16.3 Å². The second-order valence-corrected chi connectivity index (χ2v) is 5.43. The van der Waals surface area contributed by atoms with Crippen LogP contribution in [0.2, 0.25) is 0 Å². The molecule has 0 fully saturated rings. The van der Waals surface area contributed by atoms with Gasteiger partial charge in [-0.05, 0) is 10.8 Å². The van der Waals surface area contributed by atoms with E-state index in [9.17, 15) is 9.90 Å². The van der Waals surface area contributed by atoms with Crippen molar-refractivity contribution in [2.75, 3.05) is 0 Å². The van der Waals surface area contributed by atoms with Gasteiger partial charge in [0.05, 0.1) is 0 Å². The highest BCUT2D eigenvalue weighted by Gasteiger charge is 2.09. The van der Waals surface area contributed by atoms with E-state index < -0.39 is 11.4 Å². The van der Waals surface area contributed by atoms with Crippen LogP contribution in [0.15, 0.2) is 42.5 Å². The van der Waals surface area contributed by atoms with Crippen LogP contribution in [-0.4, -0.2) is 5.97 Å². The highest BCUT2D eigenvalue weighted by molar-refractivity contribution is 5.85. The molecule has 0 aromatic heterocycles. The lowest BCUT2D eigenvalue weighted by Gasteiger charge is -2.18. The molecule has 2 rings (SSSR count). The summed E-state index contributed by atoms with van der Waals surface area (Å²) in [6, 6.07) is 14.8. The smallest absolute Gasteiger partial charge is 0.100 e. The largest absolute Gasteiger partial charge is 0.550 e. The monoisotopic (exact) mass is 259 g/mol. The zero-order chi connectivity index (χ0) is 14.5. The van der Waals surface area contributed by atoms with Gasteiger partial charge in [-0.25, -0.2) is 0 Å². The highest BCUT2D eigenvalue weighted by Crippen LogP contribution is 2.17. The normalized spacial score (nSPS) is 10.7. The van der Waals surface area contributed by atoms with Gasteiger partial charge in [0.25, 0.3) is 0 Å². The Balaban J connectivity index is 0.000000224. The number of carboxylic acid groups (broad SMARTS) is 1. The van der Waals surface area contributed by atoms with E-state index in [1.54, 1.807) is 20.8 Å². The third kappa shape index (κ3) is 4.38. The predicted molar refractivity (Wildman–Crippen MR) is 75.0 cm³/mol. The molecule has 0 unspecified atom stereocenters. The van der Waals surface area contributed by atoms with E-state index in [4.69, 9.17) is 0 Å². The third-order valence-corrected chi connectivity index (χ3v) is 2.76. The van der Waals surface area contributed by atoms with Gasteiger partial charge in [-0.1, -0.05) is 63.2 Å². The van der Waals surface area contributed by atoms with Crippen molar-refractivity contribution < 1.29 is 15.6 Å². The molecule has 0 aliphatic carbocycles. The first-order chi connectivity index (χ1) is 8.86. The summed E-state index contributed by atoms with van der Waals surface area (Å²) in [5.41, 5.74) is 4.54. The lowest BCUT2D eigenvalue weighted by Crippen LogP contribution is -2.47. The van der Waals surface area contributed by atoms with Gasteiger partial charge >= 0.3 is 0 Å². The number of hydrogen-bond donors (Lipinski definition) is 1. The minimum Gasteiger partial charge on any atom is -0.550 e. The summed E-state index contributed by atoms with van der Waals surface area (Å²) in [6.45, 7) is 5.66. The number of benzene rings is 2. The van der Waals surface area contributed by atoms with Crippen molar-refractivity contribution in [3.05, 3.63) is 48.0 Å². The lowest BCUT2D eigenvalue weighted by atomic mass is 9.98. The van der Waals surface area contributed by atoms with Gasteiger partial charge in [0.2, 0.25) is 0 Å². The van der Waals surface area contributed by atoms with Crippen molar-refractivity contribution in [1.82, 2.24) is 0 Å². The van der Waals surface area contributed by atoms with Crippen LogP contribution in [-0.2, 0) is 11.3 Å². The van der Waals surface area contributed by atoms with Crippen LogP contribution in [0.3, 0.4) is 0 Å². The Labute approximate surface area is 114 Å². The summed E-state index contributed by atoms with van der Waals surface area (Å²) in [5, 5.41) is 12.5. The van der Waals surface area contributed by atoms with Gasteiger partial charge in [0, 0.05) is 16.9 Å². The van der Waals surface area contributed by atoms with Crippen LogP contribution in [0, 0.1) is 5.41 Å². The minimum absolute atomic E-state index is 0.694. The van der Waals surface area contributed by atoms with Crippen molar-refractivity contribution >= 4 is 16.7 Å². The Hall–Kier alpha value is -1.87. The molecule has 0 saturated heterocycles. The van der Waals surface area contributed by atoms with Crippen LogP contribution >= 0.6 is 0 Å². The van der Waals surface area contributed by atoms with E-state index in [0.29, 0.717) is 0 Å². The first kappa shape index (κ1) is 15.2. The van der Waals surface area contributed by atoms with Crippen molar-refractivity contribution in [1.29, 1.82) is 0 Å². The Morgan fingerprint density at radius 1 is 1.11 bits per heavy atom. The number of aliphatic carboxylic acids is 1. The van der Waals surface area contributed by atoms with Gasteiger partial charge in [-0.15, -0.1) is 0 Å². The first-order valence-corrected chi connectivity index (χ1v) is 6.33. The topological polar surface area (TPSA) is 67.8 Å². The molecular formula is C16H21NO2. The fourth-order valence-electron chi connectivity index (χ4n) is 1.51. The van der Waals surface area contributed by atoms with Gasteiger partial charge in [0.1, 0.15) is 6.54 Å². The van der Waals surface area contributed by atoms with E-state index in [1.807, 2.05) is 0 Å². The Morgan fingerprint density at radius 2 is 1.63 bits per heavy atom. The summed E-state index contributed by atoms with van der Waals surface area (Å²) in [7, 11) is 0. The van der Waals surface area contributed by atoms with Gasteiger partial charge in [-0.2, -0.15) is 0 Å². The van der Waals surface area contributed by atoms with Crippen LogP contribution in [0.1, 0.15) is 26.3 Å². The average Bonchev–Trinajstić information content (AvgIpc) is 2.37. The van der Waals surface area contributed by atoms with E-state index >= 15 is 0 Å². The van der Waals surface area contributed by atoms with Crippen LogP contribution < -0.4 is 10.8 Å². The molecule has 0 saturated carbocycles. The van der Waals surface area contributed by atoms with Crippen molar-refractivity contribution in [3.63, 3.8) is 0 Å². The molecule has 2 aromatic rings. The standard InChI is InChI=1S/C11H11N.C5H10O2/c12-8-10-6-3-5-9-4-1-2-7-11(9)10;1-5(2,3)4(6)7/h1-7H,8,12H2;1-3H3,(H,6,7). The van der Waals surface area contributed by atoms with Gasteiger partial charge in [0.15, 0.2) is 0 Å². The molecule has 0 atom stereocenters. The summed E-state index contributed by atoms with van der Waals surface area (Å²) in [6.07, 6.45) is 0. The van der Waals surface area contributed by atoms with Crippen molar-refractivity contribution in [2.45, 2.75) is 27.3 Å². The maximum atomic E-state index is 9.91. The average molecular weight is 259 g/mol.